The number of aliphatic hydroxyl groups excluding tert-OH is 2. The Morgan fingerprint density at radius 1 is 1.19 bits per heavy atom. The van der Waals surface area contributed by atoms with Gasteiger partial charge in [0, 0.05) is 23.6 Å². The summed E-state index contributed by atoms with van der Waals surface area (Å²) < 4.78 is 7.51. The SMILES string of the molecule is NC(=O)NCC[C@H](C#Cc1cccc(C(N)=O)c1)C[C@H]1O[C@@H](n2cnc3c(N)ncnc32)[C@H](O)[C@@H]1O. The molecule has 4 rings (SSSR count). The number of carbonyl (C=O) groups is 2. The van der Waals surface area contributed by atoms with Gasteiger partial charge in [-0.25, -0.2) is 19.7 Å². The summed E-state index contributed by atoms with van der Waals surface area (Å²) in [6.45, 7) is 0.243. The van der Waals surface area contributed by atoms with Crippen molar-refractivity contribution in [2.45, 2.75) is 37.4 Å². The molecule has 2 aromatic heterocycles. The van der Waals surface area contributed by atoms with Crippen LogP contribution in [-0.4, -0.2) is 66.5 Å². The van der Waals surface area contributed by atoms with Gasteiger partial charge in [-0.2, -0.15) is 0 Å². The standard InChI is InChI=1S/C23H26N8O5/c24-19-16-21(29-10-28-19)31(11-30-16)22-18(33)17(32)15(36-22)9-13(6-7-27-23(26)35)5-4-12-2-1-3-14(8-12)20(25)34/h1-3,8,10-11,13,15,17-18,22,32-33H,6-7,9H2,(H2,25,34)(H2,24,28,29)(H3,26,27,35)/t13-,15+,17+,18+,22+/m0/s1. The molecule has 3 amide bonds. The van der Waals surface area contributed by atoms with Crippen LogP contribution in [0, 0.1) is 17.8 Å². The first-order chi connectivity index (χ1) is 17.2. The highest BCUT2D eigenvalue weighted by Gasteiger charge is 2.44. The Balaban J connectivity index is 1.54. The predicted molar refractivity (Wildman–Crippen MR) is 128 cm³/mol. The number of fused-ring (bicyclic) bond motifs is 1. The number of nitrogens with one attached hydrogen (secondary N) is 1. The second kappa shape index (κ2) is 10.6. The number of benzene rings is 1. The molecule has 188 valence electrons. The fraction of sp³-hybridized carbons (Fsp3) is 0.348. The molecule has 1 saturated heterocycles. The van der Waals surface area contributed by atoms with E-state index in [0.29, 0.717) is 28.7 Å². The summed E-state index contributed by atoms with van der Waals surface area (Å²) >= 11 is 0. The van der Waals surface area contributed by atoms with E-state index in [0.717, 1.165) is 0 Å². The molecule has 13 nitrogen and oxygen atoms in total. The Morgan fingerprint density at radius 2 is 2.00 bits per heavy atom. The van der Waals surface area contributed by atoms with Crippen molar-refractivity contribution in [3.8, 4) is 11.8 Å². The molecule has 9 N–H and O–H groups in total. The fourth-order valence-corrected chi connectivity index (χ4v) is 4.04. The second-order valence-corrected chi connectivity index (χ2v) is 8.36. The van der Waals surface area contributed by atoms with E-state index < -0.39 is 36.5 Å². The molecular weight excluding hydrogens is 468 g/mol. The van der Waals surface area contributed by atoms with Gasteiger partial charge in [0.25, 0.3) is 0 Å². The quantitative estimate of drug-likeness (QED) is 0.227. The molecule has 0 bridgehead atoms. The second-order valence-electron chi connectivity index (χ2n) is 8.36. The van der Waals surface area contributed by atoms with Crippen LogP contribution in [-0.2, 0) is 4.74 Å². The maximum atomic E-state index is 11.5. The van der Waals surface area contributed by atoms with Crippen LogP contribution >= 0.6 is 0 Å². The number of carbonyl (C=O) groups excluding carboxylic acids is 2. The minimum absolute atomic E-state index is 0.182. The van der Waals surface area contributed by atoms with Crippen LogP contribution in [0.4, 0.5) is 10.6 Å². The van der Waals surface area contributed by atoms with Crippen molar-refractivity contribution in [3.05, 3.63) is 48.0 Å². The van der Waals surface area contributed by atoms with Crippen molar-refractivity contribution in [2.75, 3.05) is 12.3 Å². The summed E-state index contributed by atoms with van der Waals surface area (Å²) in [6, 6.07) is 5.90. The molecule has 0 aliphatic carbocycles. The van der Waals surface area contributed by atoms with Crippen LogP contribution in [0.2, 0.25) is 0 Å². The van der Waals surface area contributed by atoms with Crippen molar-refractivity contribution in [1.29, 1.82) is 0 Å². The summed E-state index contributed by atoms with van der Waals surface area (Å²) in [7, 11) is 0. The third kappa shape index (κ3) is 5.36. The number of amides is 3. The Kier molecular flexibility index (Phi) is 7.30. The number of hydrogen-bond acceptors (Lipinski definition) is 9. The zero-order chi connectivity index (χ0) is 25.8. The van der Waals surface area contributed by atoms with Crippen molar-refractivity contribution in [1.82, 2.24) is 24.8 Å². The number of imidazole rings is 1. The number of hydrogen-bond donors (Lipinski definition) is 6. The summed E-state index contributed by atoms with van der Waals surface area (Å²) in [5, 5.41) is 24.0. The monoisotopic (exact) mass is 494 g/mol. The summed E-state index contributed by atoms with van der Waals surface area (Å²) in [4.78, 5) is 34.8. The third-order valence-corrected chi connectivity index (χ3v) is 5.88. The number of anilines is 1. The number of nitrogens with zero attached hydrogens (tertiary/aromatic N) is 4. The molecule has 1 aromatic carbocycles. The number of aromatic nitrogens is 4. The highest BCUT2D eigenvalue weighted by Crippen LogP contribution is 2.34. The lowest BCUT2D eigenvalue weighted by atomic mass is 9.94. The van der Waals surface area contributed by atoms with Crippen LogP contribution in [0.1, 0.15) is 35.0 Å². The van der Waals surface area contributed by atoms with Crippen LogP contribution in [0.25, 0.3) is 11.2 Å². The first kappa shape index (κ1) is 24.9. The highest BCUT2D eigenvalue weighted by molar-refractivity contribution is 5.93. The Morgan fingerprint density at radius 3 is 2.75 bits per heavy atom. The molecule has 1 fully saturated rings. The average molecular weight is 495 g/mol. The first-order valence-electron chi connectivity index (χ1n) is 11.1. The van der Waals surface area contributed by atoms with Gasteiger partial charge in [-0.3, -0.25) is 9.36 Å². The number of urea groups is 1. The molecule has 0 saturated carbocycles. The molecule has 0 radical (unpaired) electrons. The Labute approximate surface area is 205 Å². The van der Waals surface area contributed by atoms with Gasteiger partial charge < -0.3 is 37.5 Å². The van der Waals surface area contributed by atoms with Crippen molar-refractivity contribution in [3.63, 3.8) is 0 Å². The van der Waals surface area contributed by atoms with E-state index in [9.17, 15) is 19.8 Å². The van der Waals surface area contributed by atoms with Gasteiger partial charge in [0.2, 0.25) is 5.91 Å². The largest absolute Gasteiger partial charge is 0.388 e. The summed E-state index contributed by atoms with van der Waals surface area (Å²) in [5.74, 6) is 5.35. The molecular formula is C23H26N8O5. The molecule has 5 atom stereocenters. The minimum Gasteiger partial charge on any atom is -0.388 e. The number of nitrogens with two attached hydrogens (primary N) is 3. The zero-order valence-electron chi connectivity index (χ0n) is 19.1. The van der Waals surface area contributed by atoms with Gasteiger partial charge in [0.1, 0.15) is 24.1 Å². The first-order valence-corrected chi connectivity index (χ1v) is 11.1. The third-order valence-electron chi connectivity index (χ3n) is 5.88. The number of aliphatic hydroxyl groups is 2. The number of rotatable bonds is 7. The average Bonchev–Trinajstić information content (AvgIpc) is 3.39. The van der Waals surface area contributed by atoms with E-state index in [2.05, 4.69) is 32.1 Å². The molecule has 1 aliphatic rings. The highest BCUT2D eigenvalue weighted by atomic mass is 16.6. The number of ether oxygens (including phenoxy) is 1. The smallest absolute Gasteiger partial charge is 0.312 e. The summed E-state index contributed by atoms with van der Waals surface area (Å²) in [5.41, 5.74) is 18.0. The Bertz CT molecular complexity index is 1330. The zero-order valence-corrected chi connectivity index (χ0v) is 19.1. The van der Waals surface area contributed by atoms with Crippen molar-refractivity contribution in [2.24, 2.45) is 17.4 Å². The van der Waals surface area contributed by atoms with Gasteiger partial charge >= 0.3 is 6.03 Å². The van der Waals surface area contributed by atoms with Gasteiger partial charge in [0.15, 0.2) is 17.7 Å². The molecule has 13 heteroatoms. The normalized spacial score (nSPS) is 22.1. The summed E-state index contributed by atoms with van der Waals surface area (Å²) in [6.07, 6.45) is -0.918. The Hall–Kier alpha value is -4.25. The fourth-order valence-electron chi connectivity index (χ4n) is 4.04. The lowest BCUT2D eigenvalue weighted by Gasteiger charge is -2.19. The number of primary amides is 2. The molecule has 0 spiro atoms. The van der Waals surface area contributed by atoms with Crippen LogP contribution in [0.3, 0.4) is 0 Å². The molecule has 3 heterocycles. The van der Waals surface area contributed by atoms with Gasteiger partial charge in [0.05, 0.1) is 12.4 Å². The molecule has 1 aliphatic heterocycles. The van der Waals surface area contributed by atoms with Gasteiger partial charge in [-0.05, 0) is 31.0 Å². The topological polar surface area (TPSA) is 218 Å². The van der Waals surface area contributed by atoms with Crippen LogP contribution < -0.4 is 22.5 Å². The van der Waals surface area contributed by atoms with Crippen LogP contribution in [0.15, 0.2) is 36.9 Å². The molecule has 36 heavy (non-hydrogen) atoms. The van der Waals surface area contributed by atoms with E-state index in [4.69, 9.17) is 21.9 Å². The minimum atomic E-state index is -1.27. The lowest BCUT2D eigenvalue weighted by molar-refractivity contribution is -0.0396. The van der Waals surface area contributed by atoms with Crippen molar-refractivity contribution < 1.29 is 24.5 Å². The van der Waals surface area contributed by atoms with E-state index in [1.807, 2.05) is 0 Å². The van der Waals surface area contributed by atoms with Gasteiger partial charge in [-0.1, -0.05) is 17.9 Å². The van der Waals surface area contributed by atoms with E-state index >= 15 is 0 Å². The van der Waals surface area contributed by atoms with E-state index in [1.54, 1.807) is 24.3 Å². The maximum absolute atomic E-state index is 11.5. The number of nitrogen functional groups attached to an aromatic ring is 1. The van der Waals surface area contributed by atoms with E-state index in [1.165, 1.54) is 17.2 Å². The van der Waals surface area contributed by atoms with E-state index in [-0.39, 0.29) is 24.7 Å². The predicted octanol–water partition coefficient (Wildman–Crippen LogP) is -0.757. The molecule has 0 unspecified atom stereocenters. The van der Waals surface area contributed by atoms with Crippen molar-refractivity contribution >= 4 is 28.9 Å². The van der Waals surface area contributed by atoms with Gasteiger partial charge in [-0.15, -0.1) is 0 Å². The molecule has 3 aromatic rings. The maximum Gasteiger partial charge on any atom is 0.312 e. The van der Waals surface area contributed by atoms with Crippen LogP contribution in [0.5, 0.6) is 0 Å². The lowest BCUT2D eigenvalue weighted by Crippen LogP contribution is -2.34.